The summed E-state index contributed by atoms with van der Waals surface area (Å²) in [6.07, 6.45) is 5.73. The van der Waals surface area contributed by atoms with E-state index < -0.39 is 0 Å². The lowest BCUT2D eigenvalue weighted by atomic mass is 9.88. The molecule has 4 unspecified atom stereocenters. The number of hydrogen-bond acceptors (Lipinski definition) is 3. The zero-order chi connectivity index (χ0) is 13.1. The number of amides is 1. The van der Waals surface area contributed by atoms with Gasteiger partial charge in [-0.2, -0.15) is 0 Å². The van der Waals surface area contributed by atoms with Crippen LogP contribution in [-0.4, -0.2) is 43.5 Å². The van der Waals surface area contributed by atoms with E-state index in [-0.39, 0.29) is 11.9 Å². The fourth-order valence-corrected chi connectivity index (χ4v) is 3.89. The van der Waals surface area contributed by atoms with Crippen molar-refractivity contribution in [2.24, 2.45) is 23.5 Å². The Morgan fingerprint density at radius 1 is 1.44 bits per heavy atom. The molecule has 0 spiro atoms. The number of rotatable bonds is 7. The molecule has 0 saturated heterocycles. The molecule has 2 bridgehead atoms. The molecule has 0 aromatic carbocycles. The first-order valence-corrected chi connectivity index (χ1v) is 7.31. The maximum atomic E-state index is 11.3. The van der Waals surface area contributed by atoms with Crippen LogP contribution in [0.1, 0.15) is 32.6 Å². The largest absolute Gasteiger partial charge is 0.368 e. The van der Waals surface area contributed by atoms with Crippen molar-refractivity contribution >= 4 is 5.91 Å². The van der Waals surface area contributed by atoms with E-state index >= 15 is 0 Å². The Labute approximate surface area is 110 Å². The Morgan fingerprint density at radius 3 is 2.72 bits per heavy atom. The van der Waals surface area contributed by atoms with Gasteiger partial charge in [-0.1, -0.05) is 13.3 Å². The molecule has 0 aliphatic heterocycles. The number of nitrogens with zero attached hydrogens (tertiary/aromatic N) is 1. The Kier molecular flexibility index (Phi) is 4.62. The van der Waals surface area contributed by atoms with Gasteiger partial charge in [0.15, 0.2) is 0 Å². The van der Waals surface area contributed by atoms with E-state index in [1.807, 2.05) is 6.92 Å². The maximum Gasteiger partial charge on any atom is 0.235 e. The van der Waals surface area contributed by atoms with Crippen LogP contribution in [0.2, 0.25) is 0 Å². The summed E-state index contributed by atoms with van der Waals surface area (Å²) in [5.41, 5.74) is 5.41. The molecule has 0 aromatic heterocycles. The first kappa shape index (κ1) is 13.8. The van der Waals surface area contributed by atoms with Crippen molar-refractivity contribution in [1.29, 1.82) is 0 Å². The van der Waals surface area contributed by atoms with E-state index in [2.05, 4.69) is 17.3 Å². The zero-order valence-electron chi connectivity index (χ0n) is 11.7. The maximum absolute atomic E-state index is 11.3. The van der Waals surface area contributed by atoms with Gasteiger partial charge in [-0.15, -0.1) is 0 Å². The monoisotopic (exact) mass is 253 g/mol. The Morgan fingerprint density at radius 2 is 2.22 bits per heavy atom. The van der Waals surface area contributed by atoms with E-state index in [4.69, 9.17) is 5.73 Å². The van der Waals surface area contributed by atoms with Gasteiger partial charge in [-0.3, -0.25) is 4.79 Å². The smallest absolute Gasteiger partial charge is 0.235 e. The minimum atomic E-state index is -0.239. The molecule has 2 saturated carbocycles. The zero-order valence-corrected chi connectivity index (χ0v) is 11.7. The van der Waals surface area contributed by atoms with Gasteiger partial charge in [-0.25, -0.2) is 0 Å². The molecule has 4 heteroatoms. The highest BCUT2D eigenvalue weighted by Crippen LogP contribution is 2.48. The number of primary amides is 1. The molecule has 18 heavy (non-hydrogen) atoms. The SMILES string of the molecule is CCNC(CN(C)CC1CC2CCC1C2)C(N)=O. The van der Waals surface area contributed by atoms with Gasteiger partial charge in [0.25, 0.3) is 0 Å². The molecule has 0 aromatic rings. The summed E-state index contributed by atoms with van der Waals surface area (Å²) in [6.45, 7) is 4.65. The Balaban J connectivity index is 1.77. The fraction of sp³-hybridized carbons (Fsp3) is 0.929. The minimum Gasteiger partial charge on any atom is -0.368 e. The summed E-state index contributed by atoms with van der Waals surface area (Å²) in [5.74, 6) is 2.55. The highest BCUT2D eigenvalue weighted by molar-refractivity contribution is 5.80. The molecule has 0 heterocycles. The molecule has 4 atom stereocenters. The van der Waals surface area contributed by atoms with Crippen LogP contribution in [0.3, 0.4) is 0 Å². The van der Waals surface area contributed by atoms with Crippen LogP contribution in [0.15, 0.2) is 0 Å². The highest BCUT2D eigenvalue weighted by Gasteiger charge is 2.39. The van der Waals surface area contributed by atoms with E-state index in [1.54, 1.807) is 0 Å². The lowest BCUT2D eigenvalue weighted by Crippen LogP contribution is -2.49. The van der Waals surface area contributed by atoms with E-state index in [0.29, 0.717) is 0 Å². The predicted molar refractivity (Wildman–Crippen MR) is 73.1 cm³/mol. The van der Waals surface area contributed by atoms with Crippen LogP contribution in [0.5, 0.6) is 0 Å². The molecular formula is C14H27N3O. The summed E-state index contributed by atoms with van der Waals surface area (Å²) >= 11 is 0. The van der Waals surface area contributed by atoms with Crippen molar-refractivity contribution in [3.63, 3.8) is 0 Å². The average Bonchev–Trinajstić information content (AvgIpc) is 2.90. The molecular weight excluding hydrogens is 226 g/mol. The summed E-state index contributed by atoms with van der Waals surface area (Å²) in [7, 11) is 2.11. The molecule has 2 fully saturated rings. The number of hydrogen-bond donors (Lipinski definition) is 2. The Hall–Kier alpha value is -0.610. The van der Waals surface area contributed by atoms with Crippen molar-refractivity contribution in [2.75, 3.05) is 26.7 Å². The molecule has 1 amide bonds. The summed E-state index contributed by atoms with van der Waals surface area (Å²) in [5, 5.41) is 3.16. The summed E-state index contributed by atoms with van der Waals surface area (Å²) < 4.78 is 0. The van der Waals surface area contributed by atoms with Crippen LogP contribution in [0.25, 0.3) is 0 Å². The van der Waals surface area contributed by atoms with Crippen molar-refractivity contribution in [3.05, 3.63) is 0 Å². The van der Waals surface area contributed by atoms with Crippen LogP contribution in [0, 0.1) is 17.8 Å². The molecule has 104 valence electrons. The standard InChI is InChI=1S/C14H27N3O/c1-3-16-13(14(15)18)9-17(2)8-12-7-10-4-5-11(12)6-10/h10-13,16H,3-9H2,1-2H3,(H2,15,18). The van der Waals surface area contributed by atoms with Crippen LogP contribution in [-0.2, 0) is 4.79 Å². The molecule has 2 rings (SSSR count). The number of likely N-dealkylation sites (N-methyl/N-ethyl adjacent to an activating group) is 2. The first-order chi connectivity index (χ1) is 8.60. The van der Waals surface area contributed by atoms with Gasteiger partial charge in [0.05, 0.1) is 6.04 Å². The topological polar surface area (TPSA) is 58.4 Å². The molecule has 4 nitrogen and oxygen atoms in total. The van der Waals surface area contributed by atoms with Gasteiger partial charge in [0.1, 0.15) is 0 Å². The lowest BCUT2D eigenvalue weighted by Gasteiger charge is -2.29. The summed E-state index contributed by atoms with van der Waals surface area (Å²) in [4.78, 5) is 13.6. The highest BCUT2D eigenvalue weighted by atomic mass is 16.1. The third-order valence-electron chi connectivity index (χ3n) is 4.72. The van der Waals surface area contributed by atoms with E-state index in [1.165, 1.54) is 25.7 Å². The quantitative estimate of drug-likeness (QED) is 0.706. The number of fused-ring (bicyclic) bond motifs is 2. The molecule has 0 radical (unpaired) electrons. The fourth-order valence-electron chi connectivity index (χ4n) is 3.89. The van der Waals surface area contributed by atoms with Crippen LogP contribution < -0.4 is 11.1 Å². The van der Waals surface area contributed by atoms with E-state index in [9.17, 15) is 4.79 Å². The number of carbonyl (C=O) groups is 1. The lowest BCUT2D eigenvalue weighted by molar-refractivity contribution is -0.120. The number of carbonyl (C=O) groups excluding carboxylic acids is 1. The second kappa shape index (κ2) is 6.02. The van der Waals surface area contributed by atoms with Gasteiger partial charge in [0.2, 0.25) is 5.91 Å². The molecule has 2 aliphatic rings. The number of nitrogens with two attached hydrogens (primary N) is 1. The van der Waals surface area contributed by atoms with Gasteiger partial charge < -0.3 is 16.0 Å². The first-order valence-electron chi connectivity index (χ1n) is 7.31. The van der Waals surface area contributed by atoms with Crippen molar-refractivity contribution < 1.29 is 4.79 Å². The second-order valence-corrected chi connectivity index (χ2v) is 6.17. The van der Waals surface area contributed by atoms with Crippen molar-refractivity contribution in [2.45, 2.75) is 38.6 Å². The average molecular weight is 253 g/mol. The van der Waals surface area contributed by atoms with Gasteiger partial charge in [0, 0.05) is 13.1 Å². The van der Waals surface area contributed by atoms with Crippen LogP contribution in [0.4, 0.5) is 0 Å². The van der Waals surface area contributed by atoms with Crippen molar-refractivity contribution in [3.8, 4) is 0 Å². The third kappa shape index (κ3) is 3.23. The second-order valence-electron chi connectivity index (χ2n) is 6.17. The number of nitrogens with one attached hydrogen (secondary N) is 1. The van der Waals surface area contributed by atoms with Gasteiger partial charge in [-0.05, 0) is 50.6 Å². The van der Waals surface area contributed by atoms with E-state index in [0.717, 1.165) is 37.4 Å². The predicted octanol–water partition coefficient (Wildman–Crippen LogP) is 0.818. The van der Waals surface area contributed by atoms with Crippen LogP contribution >= 0.6 is 0 Å². The minimum absolute atomic E-state index is 0.210. The Bertz CT molecular complexity index is 295. The normalized spacial score (nSPS) is 32.1. The van der Waals surface area contributed by atoms with Gasteiger partial charge >= 0.3 is 0 Å². The molecule has 3 N–H and O–H groups in total. The third-order valence-corrected chi connectivity index (χ3v) is 4.72. The molecule has 2 aliphatic carbocycles. The van der Waals surface area contributed by atoms with Crippen molar-refractivity contribution in [1.82, 2.24) is 10.2 Å². The summed E-state index contributed by atoms with van der Waals surface area (Å²) in [6, 6.07) is -0.210.